The van der Waals surface area contributed by atoms with E-state index in [4.69, 9.17) is 0 Å². The molecule has 2 amide bonds. The number of nitrogens with zero attached hydrogens (tertiary/aromatic N) is 3. The lowest BCUT2D eigenvalue weighted by atomic mass is 10.2. The molecule has 0 bridgehead atoms. The second-order valence-electron chi connectivity index (χ2n) is 7.83. The molecule has 1 aromatic heterocycles. The van der Waals surface area contributed by atoms with Crippen LogP contribution in [0, 0.1) is 6.92 Å². The monoisotopic (exact) mass is 404 g/mol. The second-order valence-corrected chi connectivity index (χ2v) is 7.83. The molecule has 156 valence electrons. The van der Waals surface area contributed by atoms with Crippen molar-refractivity contribution in [2.45, 2.75) is 39.0 Å². The Hall–Kier alpha value is -3.15. The zero-order valence-corrected chi connectivity index (χ0v) is 17.4. The number of para-hydroxylation sites is 1. The Morgan fingerprint density at radius 3 is 2.77 bits per heavy atom. The minimum atomic E-state index is -0.106. The van der Waals surface area contributed by atoms with Crippen molar-refractivity contribution in [2.24, 2.45) is 0 Å². The molecule has 1 N–H and O–H groups in total. The van der Waals surface area contributed by atoms with Crippen LogP contribution < -0.4 is 5.32 Å². The molecule has 30 heavy (non-hydrogen) atoms. The highest BCUT2D eigenvalue weighted by Gasteiger charge is 2.16. The van der Waals surface area contributed by atoms with Gasteiger partial charge in [-0.25, -0.2) is 4.98 Å². The van der Waals surface area contributed by atoms with Gasteiger partial charge >= 0.3 is 0 Å². The average Bonchev–Trinajstić information content (AvgIpc) is 2.95. The first kappa shape index (κ1) is 20.1. The van der Waals surface area contributed by atoms with Gasteiger partial charge in [-0.1, -0.05) is 24.6 Å². The number of aromatic nitrogens is 2. The van der Waals surface area contributed by atoms with Crippen molar-refractivity contribution in [3.05, 3.63) is 59.9 Å². The molecule has 0 radical (unpaired) electrons. The highest BCUT2D eigenvalue weighted by molar-refractivity contribution is 5.97. The molecule has 2 heterocycles. The van der Waals surface area contributed by atoms with Gasteiger partial charge in [0.05, 0.1) is 11.0 Å². The molecule has 0 atom stereocenters. The van der Waals surface area contributed by atoms with Gasteiger partial charge in [-0.05, 0) is 56.5 Å². The third-order valence-corrected chi connectivity index (χ3v) is 5.66. The number of fused-ring (bicyclic) bond motifs is 1. The molecule has 1 aliphatic rings. The van der Waals surface area contributed by atoms with Gasteiger partial charge in [0.1, 0.15) is 5.82 Å². The Morgan fingerprint density at radius 2 is 1.93 bits per heavy atom. The summed E-state index contributed by atoms with van der Waals surface area (Å²) >= 11 is 0. The van der Waals surface area contributed by atoms with Gasteiger partial charge in [-0.3, -0.25) is 14.2 Å². The average molecular weight is 405 g/mol. The summed E-state index contributed by atoms with van der Waals surface area (Å²) in [5.74, 6) is 1.02. The first-order valence-corrected chi connectivity index (χ1v) is 10.7. The van der Waals surface area contributed by atoms with Crippen LogP contribution in [0.5, 0.6) is 0 Å². The fourth-order valence-corrected chi connectivity index (χ4v) is 4.09. The van der Waals surface area contributed by atoms with Crippen molar-refractivity contribution < 1.29 is 9.59 Å². The van der Waals surface area contributed by atoms with Gasteiger partial charge in [0, 0.05) is 37.3 Å². The summed E-state index contributed by atoms with van der Waals surface area (Å²) in [4.78, 5) is 31.2. The number of amides is 2. The molecule has 0 spiro atoms. The van der Waals surface area contributed by atoms with Gasteiger partial charge in [0.25, 0.3) is 5.91 Å². The quantitative estimate of drug-likeness (QED) is 0.635. The highest BCUT2D eigenvalue weighted by Crippen LogP contribution is 2.22. The van der Waals surface area contributed by atoms with Crippen molar-refractivity contribution in [1.82, 2.24) is 19.8 Å². The first-order valence-electron chi connectivity index (χ1n) is 10.7. The van der Waals surface area contributed by atoms with Gasteiger partial charge < -0.3 is 10.2 Å². The Labute approximate surface area is 176 Å². The summed E-state index contributed by atoms with van der Waals surface area (Å²) in [5, 5.41) is 2.98. The van der Waals surface area contributed by atoms with Crippen LogP contribution in [-0.2, 0) is 4.79 Å². The normalized spacial score (nSPS) is 14.7. The summed E-state index contributed by atoms with van der Waals surface area (Å²) in [6.45, 7) is 4.07. The third kappa shape index (κ3) is 4.37. The van der Waals surface area contributed by atoms with E-state index in [1.165, 1.54) is 0 Å². The predicted molar refractivity (Wildman–Crippen MR) is 118 cm³/mol. The Kier molecular flexibility index (Phi) is 6.12. The van der Waals surface area contributed by atoms with Crippen LogP contribution in [0.3, 0.4) is 0 Å². The molecular weight excluding hydrogens is 376 g/mol. The fourth-order valence-electron chi connectivity index (χ4n) is 4.09. The van der Waals surface area contributed by atoms with Gasteiger partial charge in [0.15, 0.2) is 0 Å². The smallest absolute Gasteiger partial charge is 0.251 e. The Bertz CT molecular complexity index is 1040. The second kappa shape index (κ2) is 9.11. The zero-order chi connectivity index (χ0) is 20.9. The molecule has 4 rings (SSSR count). The molecule has 6 nitrogen and oxygen atoms in total. The minimum Gasteiger partial charge on any atom is -0.352 e. The highest BCUT2D eigenvalue weighted by atomic mass is 16.2. The van der Waals surface area contributed by atoms with Crippen molar-refractivity contribution in [3.8, 4) is 5.69 Å². The van der Waals surface area contributed by atoms with Crippen LogP contribution in [-0.4, -0.2) is 45.9 Å². The van der Waals surface area contributed by atoms with E-state index in [-0.39, 0.29) is 11.8 Å². The van der Waals surface area contributed by atoms with E-state index in [1.807, 2.05) is 60.4 Å². The number of nitrogens with one attached hydrogen (secondary N) is 1. The molecule has 6 heteroatoms. The van der Waals surface area contributed by atoms with E-state index in [9.17, 15) is 9.59 Å². The number of rotatable bonds is 6. The zero-order valence-electron chi connectivity index (χ0n) is 17.4. The SMILES string of the molecule is Cc1nc2cc(C(=O)NCCCN3CCCCCC3=O)ccc2n1-c1ccccc1. The van der Waals surface area contributed by atoms with Crippen LogP contribution >= 0.6 is 0 Å². The number of aryl methyl sites for hydroxylation is 1. The maximum Gasteiger partial charge on any atom is 0.251 e. The summed E-state index contributed by atoms with van der Waals surface area (Å²) in [6.07, 6.45) is 4.62. The van der Waals surface area contributed by atoms with Gasteiger partial charge in [-0.2, -0.15) is 0 Å². The summed E-state index contributed by atoms with van der Waals surface area (Å²) in [5.41, 5.74) is 3.44. The predicted octanol–water partition coefficient (Wildman–Crippen LogP) is 3.86. The molecule has 1 fully saturated rings. The Morgan fingerprint density at radius 1 is 1.10 bits per heavy atom. The largest absolute Gasteiger partial charge is 0.352 e. The van der Waals surface area contributed by atoms with Crippen molar-refractivity contribution >= 4 is 22.8 Å². The number of carbonyl (C=O) groups is 2. The van der Waals surface area contributed by atoms with E-state index in [2.05, 4.69) is 14.9 Å². The van der Waals surface area contributed by atoms with Crippen molar-refractivity contribution in [2.75, 3.05) is 19.6 Å². The van der Waals surface area contributed by atoms with Crippen LogP contribution in [0.4, 0.5) is 0 Å². The van der Waals surface area contributed by atoms with Gasteiger partial charge in [-0.15, -0.1) is 0 Å². The maximum absolute atomic E-state index is 12.6. The summed E-state index contributed by atoms with van der Waals surface area (Å²) in [7, 11) is 0. The molecule has 1 aliphatic heterocycles. The molecule has 0 aliphatic carbocycles. The first-order chi connectivity index (χ1) is 14.6. The maximum atomic E-state index is 12.6. The van der Waals surface area contributed by atoms with E-state index < -0.39 is 0 Å². The number of carbonyl (C=O) groups excluding carboxylic acids is 2. The molecule has 1 saturated heterocycles. The van der Waals surface area contributed by atoms with E-state index in [0.29, 0.717) is 25.1 Å². The van der Waals surface area contributed by atoms with Crippen LogP contribution in [0.1, 0.15) is 48.3 Å². The summed E-state index contributed by atoms with van der Waals surface area (Å²) in [6, 6.07) is 15.7. The topological polar surface area (TPSA) is 67.2 Å². The van der Waals surface area contributed by atoms with Crippen LogP contribution in [0.2, 0.25) is 0 Å². The van der Waals surface area contributed by atoms with Gasteiger partial charge in [0.2, 0.25) is 5.91 Å². The standard InChI is InChI=1S/C24H28N4O2/c1-18-26-21-17-19(12-13-22(21)28(18)20-9-4-2-5-10-20)24(30)25-14-8-16-27-15-7-3-6-11-23(27)29/h2,4-5,9-10,12-13,17H,3,6-8,11,14-16H2,1H3,(H,25,30). The van der Waals surface area contributed by atoms with Crippen LogP contribution in [0.25, 0.3) is 16.7 Å². The molecule has 0 unspecified atom stereocenters. The van der Waals surface area contributed by atoms with Crippen molar-refractivity contribution in [1.29, 1.82) is 0 Å². The minimum absolute atomic E-state index is 0.106. The Balaban J connectivity index is 1.38. The lowest BCUT2D eigenvalue weighted by Gasteiger charge is -2.20. The molecule has 3 aromatic rings. The number of hydrogen-bond acceptors (Lipinski definition) is 3. The number of hydrogen-bond donors (Lipinski definition) is 1. The lowest BCUT2D eigenvalue weighted by molar-refractivity contribution is -0.130. The number of likely N-dealkylation sites (tertiary alicyclic amines) is 1. The molecule has 0 saturated carbocycles. The lowest BCUT2D eigenvalue weighted by Crippen LogP contribution is -2.34. The number of imidazole rings is 1. The molecule has 2 aromatic carbocycles. The fraction of sp³-hybridized carbons (Fsp3) is 0.375. The van der Waals surface area contributed by atoms with Crippen LogP contribution in [0.15, 0.2) is 48.5 Å². The third-order valence-electron chi connectivity index (χ3n) is 5.66. The summed E-state index contributed by atoms with van der Waals surface area (Å²) < 4.78 is 2.09. The van der Waals surface area contributed by atoms with E-state index >= 15 is 0 Å². The van der Waals surface area contributed by atoms with E-state index in [0.717, 1.165) is 54.8 Å². The molecular formula is C24H28N4O2. The van der Waals surface area contributed by atoms with Crippen molar-refractivity contribution in [3.63, 3.8) is 0 Å². The number of benzene rings is 2. The van der Waals surface area contributed by atoms with E-state index in [1.54, 1.807) is 0 Å².